The molecule has 0 atom stereocenters. The molecule has 0 spiro atoms. The van der Waals surface area contributed by atoms with E-state index in [0.717, 1.165) is 27.1 Å². The highest BCUT2D eigenvalue weighted by Gasteiger charge is 2.19. The van der Waals surface area contributed by atoms with Gasteiger partial charge in [-0.25, -0.2) is 9.97 Å². The van der Waals surface area contributed by atoms with Crippen molar-refractivity contribution in [2.45, 2.75) is 0 Å². The molecule has 0 amide bonds. The number of hydrogen-bond acceptors (Lipinski definition) is 2. The second-order valence-electron chi connectivity index (χ2n) is 6.36. The van der Waals surface area contributed by atoms with E-state index in [9.17, 15) is 0 Å². The molecule has 0 saturated carbocycles. The van der Waals surface area contributed by atoms with Gasteiger partial charge in [-0.3, -0.25) is 4.48 Å². The fourth-order valence-electron chi connectivity index (χ4n) is 2.86. The number of rotatable bonds is 2. The second kappa shape index (κ2) is 5.14. The van der Waals surface area contributed by atoms with E-state index >= 15 is 0 Å². The smallest absolute Gasteiger partial charge is 0.165 e. The number of nitrogens with zero attached hydrogens (tertiary/aromatic N) is 3. The Labute approximate surface area is 135 Å². The minimum Gasteiger partial charge on any atom is -0.275 e. The van der Waals surface area contributed by atoms with Crippen LogP contribution in [0.15, 0.2) is 73.2 Å². The fraction of sp³-hybridized carbons (Fsp3) is 0.100. The number of quaternary nitrogens is 1. The largest absolute Gasteiger partial charge is 0.275 e. The molecule has 0 saturated heterocycles. The molecule has 23 heavy (non-hydrogen) atoms. The van der Waals surface area contributed by atoms with Gasteiger partial charge in [0.05, 0.1) is 25.4 Å². The van der Waals surface area contributed by atoms with Gasteiger partial charge in [0.1, 0.15) is 12.4 Å². The molecule has 2 heterocycles. The van der Waals surface area contributed by atoms with Crippen LogP contribution < -0.4 is 0 Å². The zero-order valence-electron chi connectivity index (χ0n) is 13.3. The molecule has 0 fully saturated rings. The number of hydrogen-bond donors (Lipinski definition) is 0. The van der Waals surface area contributed by atoms with Gasteiger partial charge in [0.2, 0.25) is 0 Å². The SMILES string of the molecule is C[N+]1(C)C=CC(c2nccc(-c3ccc4ccccc4c3)n2)=C1. The fourth-order valence-corrected chi connectivity index (χ4v) is 2.86. The zero-order chi connectivity index (χ0) is 15.9. The third-order valence-corrected chi connectivity index (χ3v) is 4.07. The molecular weight excluding hydrogens is 282 g/mol. The first kappa shape index (κ1) is 13.9. The van der Waals surface area contributed by atoms with Crippen molar-refractivity contribution in [2.75, 3.05) is 14.1 Å². The lowest BCUT2D eigenvalue weighted by Crippen LogP contribution is -2.23. The van der Waals surface area contributed by atoms with Crippen molar-refractivity contribution < 1.29 is 4.48 Å². The third-order valence-electron chi connectivity index (χ3n) is 4.07. The summed E-state index contributed by atoms with van der Waals surface area (Å²) in [6.07, 6.45) is 8.19. The molecule has 1 aliphatic heterocycles. The maximum atomic E-state index is 4.76. The predicted molar refractivity (Wildman–Crippen MR) is 94.2 cm³/mol. The highest BCUT2D eigenvalue weighted by atomic mass is 15.3. The van der Waals surface area contributed by atoms with Gasteiger partial charge >= 0.3 is 0 Å². The normalized spacial score (nSPS) is 15.8. The molecule has 3 heteroatoms. The van der Waals surface area contributed by atoms with Crippen molar-refractivity contribution in [3.05, 3.63) is 79.0 Å². The van der Waals surface area contributed by atoms with Gasteiger partial charge < -0.3 is 0 Å². The van der Waals surface area contributed by atoms with E-state index in [1.807, 2.05) is 12.3 Å². The number of benzene rings is 2. The third kappa shape index (κ3) is 2.67. The van der Waals surface area contributed by atoms with Crippen molar-refractivity contribution in [3.8, 4) is 11.3 Å². The molecular formula is C20H18N3+. The standard InChI is InChI=1S/C20H18N3/c1-23(2)12-10-18(14-23)20-21-11-9-19(22-20)17-8-7-15-5-3-4-6-16(15)13-17/h3-14H,1-2H3/q+1. The summed E-state index contributed by atoms with van der Waals surface area (Å²) in [7, 11) is 4.24. The van der Waals surface area contributed by atoms with Gasteiger partial charge in [0, 0.05) is 17.8 Å². The summed E-state index contributed by atoms with van der Waals surface area (Å²) in [6, 6.07) is 16.8. The molecule has 0 aliphatic carbocycles. The van der Waals surface area contributed by atoms with Crippen LogP contribution in [0.1, 0.15) is 5.82 Å². The van der Waals surface area contributed by atoms with E-state index in [-0.39, 0.29) is 0 Å². The van der Waals surface area contributed by atoms with E-state index in [2.05, 4.69) is 80.0 Å². The Hall–Kier alpha value is -2.78. The molecule has 0 radical (unpaired) electrons. The van der Waals surface area contributed by atoms with E-state index in [1.165, 1.54) is 10.8 Å². The number of fused-ring (bicyclic) bond motifs is 1. The van der Waals surface area contributed by atoms with Gasteiger partial charge in [0.15, 0.2) is 5.82 Å². The van der Waals surface area contributed by atoms with Gasteiger partial charge in [-0.1, -0.05) is 36.4 Å². The van der Waals surface area contributed by atoms with E-state index in [1.54, 1.807) is 0 Å². The molecule has 0 N–H and O–H groups in total. The summed E-state index contributed by atoms with van der Waals surface area (Å²) in [5, 5.41) is 2.47. The Balaban J connectivity index is 1.77. The van der Waals surface area contributed by atoms with Crippen LogP contribution in [0.4, 0.5) is 0 Å². The van der Waals surface area contributed by atoms with Crippen molar-refractivity contribution in [1.29, 1.82) is 0 Å². The molecule has 0 bridgehead atoms. The lowest BCUT2D eigenvalue weighted by atomic mass is 10.0. The number of aromatic nitrogens is 2. The lowest BCUT2D eigenvalue weighted by Gasteiger charge is -2.14. The van der Waals surface area contributed by atoms with Crippen LogP contribution in [0.5, 0.6) is 0 Å². The van der Waals surface area contributed by atoms with Crippen LogP contribution in [0.25, 0.3) is 27.6 Å². The van der Waals surface area contributed by atoms with E-state index < -0.39 is 0 Å². The average molecular weight is 300 g/mol. The summed E-state index contributed by atoms with van der Waals surface area (Å²) in [6.45, 7) is 0. The maximum Gasteiger partial charge on any atom is 0.165 e. The van der Waals surface area contributed by atoms with Crippen LogP contribution in [-0.2, 0) is 0 Å². The summed E-state index contributed by atoms with van der Waals surface area (Å²) in [5.41, 5.74) is 3.13. The summed E-state index contributed by atoms with van der Waals surface area (Å²) in [4.78, 5) is 9.19. The molecule has 2 aromatic carbocycles. The zero-order valence-corrected chi connectivity index (χ0v) is 13.3. The molecule has 3 nitrogen and oxygen atoms in total. The predicted octanol–water partition coefficient (Wildman–Crippen LogP) is 4.24. The lowest BCUT2D eigenvalue weighted by molar-refractivity contribution is -0.781. The van der Waals surface area contributed by atoms with E-state index in [4.69, 9.17) is 4.98 Å². The van der Waals surface area contributed by atoms with Gasteiger partial charge in [-0.05, 0) is 22.9 Å². The maximum absolute atomic E-state index is 4.76. The van der Waals surface area contributed by atoms with Crippen molar-refractivity contribution >= 4 is 16.3 Å². The van der Waals surface area contributed by atoms with Crippen molar-refractivity contribution in [1.82, 2.24) is 9.97 Å². The topological polar surface area (TPSA) is 25.8 Å². The Morgan fingerprint density at radius 3 is 2.52 bits per heavy atom. The van der Waals surface area contributed by atoms with Crippen LogP contribution in [0, 0.1) is 0 Å². The first-order valence-corrected chi connectivity index (χ1v) is 7.69. The molecule has 112 valence electrons. The Bertz CT molecular complexity index is 952. The summed E-state index contributed by atoms with van der Waals surface area (Å²) in [5.74, 6) is 0.774. The minimum absolute atomic E-state index is 0.721. The van der Waals surface area contributed by atoms with E-state index in [0.29, 0.717) is 0 Å². The van der Waals surface area contributed by atoms with Gasteiger partial charge in [-0.2, -0.15) is 0 Å². The molecule has 3 aromatic rings. The Kier molecular flexibility index (Phi) is 3.10. The quantitative estimate of drug-likeness (QED) is 0.661. The first-order chi connectivity index (χ1) is 11.1. The highest BCUT2D eigenvalue weighted by molar-refractivity contribution is 5.86. The van der Waals surface area contributed by atoms with Crippen molar-refractivity contribution in [2.24, 2.45) is 0 Å². The first-order valence-electron chi connectivity index (χ1n) is 7.69. The van der Waals surface area contributed by atoms with Crippen LogP contribution in [0.3, 0.4) is 0 Å². The molecule has 4 rings (SSSR count). The van der Waals surface area contributed by atoms with Gasteiger partial charge in [0.25, 0.3) is 0 Å². The molecule has 1 aromatic heterocycles. The molecule has 0 unspecified atom stereocenters. The Morgan fingerprint density at radius 2 is 1.74 bits per heavy atom. The van der Waals surface area contributed by atoms with Gasteiger partial charge in [-0.15, -0.1) is 0 Å². The monoisotopic (exact) mass is 300 g/mol. The number of allylic oxidation sites excluding steroid dienone is 2. The van der Waals surface area contributed by atoms with Crippen LogP contribution in [-0.4, -0.2) is 28.5 Å². The van der Waals surface area contributed by atoms with Crippen LogP contribution >= 0.6 is 0 Å². The second-order valence-corrected chi connectivity index (χ2v) is 6.36. The summed E-state index contributed by atoms with van der Waals surface area (Å²) >= 11 is 0. The Morgan fingerprint density at radius 1 is 0.913 bits per heavy atom. The minimum atomic E-state index is 0.721. The average Bonchev–Trinajstić information content (AvgIpc) is 2.95. The van der Waals surface area contributed by atoms with Crippen molar-refractivity contribution in [3.63, 3.8) is 0 Å². The van der Waals surface area contributed by atoms with Crippen LogP contribution in [0.2, 0.25) is 0 Å². The highest BCUT2D eigenvalue weighted by Crippen LogP contribution is 2.26. The molecule has 1 aliphatic rings. The summed E-state index contributed by atoms with van der Waals surface area (Å²) < 4.78 is 0.721.